The van der Waals surface area contributed by atoms with Crippen molar-refractivity contribution in [3.8, 4) is 0 Å². The van der Waals surface area contributed by atoms with E-state index in [-0.39, 0.29) is 0 Å². The van der Waals surface area contributed by atoms with E-state index in [4.69, 9.17) is 0 Å². The van der Waals surface area contributed by atoms with Crippen molar-refractivity contribution in [3.05, 3.63) is 34.4 Å². The number of hydrogen-bond donors (Lipinski definition) is 0. The van der Waals surface area contributed by atoms with Crippen molar-refractivity contribution in [2.75, 3.05) is 0 Å². The second-order valence-corrected chi connectivity index (χ2v) is 5.06. The van der Waals surface area contributed by atoms with Crippen LogP contribution in [0.4, 0.5) is 0 Å². The molecule has 0 heterocycles. The zero-order chi connectivity index (χ0) is 10.8. The summed E-state index contributed by atoms with van der Waals surface area (Å²) in [7, 11) is 0. The lowest BCUT2D eigenvalue weighted by Crippen LogP contribution is -2.01. The first kappa shape index (κ1) is 10.7. The molecule has 0 unspecified atom stereocenters. The molecular formula is C15H22. The Morgan fingerprint density at radius 3 is 1.73 bits per heavy atom. The molecule has 2 aliphatic rings. The molecule has 0 radical (unpaired) electrons. The summed E-state index contributed by atoms with van der Waals surface area (Å²) < 4.78 is 0. The Kier molecular flexibility index (Phi) is 3.14. The van der Waals surface area contributed by atoms with Crippen LogP contribution in [0.25, 0.3) is 0 Å². The van der Waals surface area contributed by atoms with Gasteiger partial charge in [0, 0.05) is 0 Å². The molecule has 15 heavy (non-hydrogen) atoms. The first-order valence-electron chi connectivity index (χ1n) is 6.27. The maximum Gasteiger partial charge on any atom is -0.0266 e. The predicted molar refractivity (Wildman–Crippen MR) is 66.9 cm³/mol. The molecule has 0 saturated carbocycles. The van der Waals surface area contributed by atoms with Crippen LogP contribution in [0.5, 0.6) is 0 Å². The zero-order valence-electron chi connectivity index (χ0n) is 10.2. The van der Waals surface area contributed by atoms with Crippen molar-refractivity contribution in [3.63, 3.8) is 0 Å². The molecule has 0 aromatic rings. The molecule has 0 nitrogen and oxygen atoms in total. The van der Waals surface area contributed by atoms with Gasteiger partial charge < -0.3 is 0 Å². The first-order chi connectivity index (χ1) is 7.20. The summed E-state index contributed by atoms with van der Waals surface area (Å²) in [5.74, 6) is 0. The van der Waals surface area contributed by atoms with Gasteiger partial charge in [-0.1, -0.05) is 17.7 Å². The van der Waals surface area contributed by atoms with Crippen LogP contribution in [0, 0.1) is 0 Å². The van der Waals surface area contributed by atoms with Gasteiger partial charge in [0.15, 0.2) is 0 Å². The summed E-state index contributed by atoms with van der Waals surface area (Å²) in [5.41, 5.74) is 7.72. The Hall–Kier alpha value is -0.780. The Balaban J connectivity index is 2.24. The third-order valence-corrected chi connectivity index (χ3v) is 3.97. The molecule has 0 heteroatoms. The second-order valence-electron chi connectivity index (χ2n) is 5.06. The largest absolute Gasteiger partial charge is 0.0912 e. The summed E-state index contributed by atoms with van der Waals surface area (Å²) in [5, 5.41) is 0. The van der Waals surface area contributed by atoms with Crippen molar-refractivity contribution in [2.24, 2.45) is 0 Å². The summed E-state index contributed by atoms with van der Waals surface area (Å²) in [4.78, 5) is 0. The molecule has 0 amide bonds. The van der Waals surface area contributed by atoms with Crippen molar-refractivity contribution < 1.29 is 0 Å². The Morgan fingerprint density at radius 2 is 1.27 bits per heavy atom. The van der Waals surface area contributed by atoms with Gasteiger partial charge in [0.2, 0.25) is 0 Å². The van der Waals surface area contributed by atoms with E-state index in [1.165, 1.54) is 50.5 Å². The molecule has 2 aliphatic carbocycles. The lowest BCUT2D eigenvalue weighted by atomic mass is 9.85. The number of rotatable bonds is 2. The summed E-state index contributed by atoms with van der Waals surface area (Å²) in [6.45, 7) is 8.93. The fourth-order valence-corrected chi connectivity index (χ4v) is 2.95. The highest BCUT2D eigenvalue weighted by Crippen LogP contribution is 2.38. The van der Waals surface area contributed by atoms with E-state index >= 15 is 0 Å². The zero-order valence-corrected chi connectivity index (χ0v) is 10.2. The van der Waals surface area contributed by atoms with Gasteiger partial charge in [-0.3, -0.25) is 0 Å². The van der Waals surface area contributed by atoms with E-state index in [9.17, 15) is 0 Å². The lowest BCUT2D eigenvalue weighted by molar-refractivity contribution is 0.677. The minimum Gasteiger partial charge on any atom is -0.0912 e. The molecule has 0 saturated heterocycles. The van der Waals surface area contributed by atoms with E-state index in [0.717, 1.165) is 0 Å². The maximum atomic E-state index is 4.35. The van der Waals surface area contributed by atoms with Crippen molar-refractivity contribution >= 4 is 0 Å². The Bertz CT molecular complexity index is 339. The first-order valence-corrected chi connectivity index (χ1v) is 6.27. The van der Waals surface area contributed by atoms with Gasteiger partial charge in [-0.05, 0) is 75.5 Å². The minimum atomic E-state index is 1.27. The molecule has 0 aromatic heterocycles. The highest BCUT2D eigenvalue weighted by molar-refractivity contribution is 5.50. The highest BCUT2D eigenvalue weighted by Gasteiger charge is 2.19. The molecule has 0 aliphatic heterocycles. The van der Waals surface area contributed by atoms with E-state index in [0.29, 0.717) is 0 Å². The normalized spacial score (nSPS) is 22.5. The van der Waals surface area contributed by atoms with Crippen LogP contribution < -0.4 is 0 Å². The maximum absolute atomic E-state index is 4.35. The van der Waals surface area contributed by atoms with Gasteiger partial charge in [0.05, 0.1) is 0 Å². The summed E-state index contributed by atoms with van der Waals surface area (Å²) in [6.07, 6.45) is 9.19. The van der Waals surface area contributed by atoms with Crippen LogP contribution in [0.1, 0.15) is 58.8 Å². The lowest BCUT2D eigenvalue weighted by Gasteiger charge is -2.21. The van der Waals surface area contributed by atoms with Crippen molar-refractivity contribution in [2.45, 2.75) is 58.8 Å². The quantitative estimate of drug-likeness (QED) is 0.595. The topological polar surface area (TPSA) is 0 Å². The monoisotopic (exact) mass is 202 g/mol. The van der Waals surface area contributed by atoms with Crippen LogP contribution in [-0.2, 0) is 0 Å². The fraction of sp³-hybridized carbons (Fsp3) is 0.600. The molecule has 82 valence electrons. The molecular weight excluding hydrogens is 180 g/mol. The van der Waals surface area contributed by atoms with Gasteiger partial charge in [-0.25, -0.2) is 0 Å². The predicted octanol–water partition coefficient (Wildman–Crippen LogP) is 4.93. The fourth-order valence-electron chi connectivity index (χ4n) is 2.95. The van der Waals surface area contributed by atoms with E-state index < -0.39 is 0 Å². The van der Waals surface area contributed by atoms with Crippen LogP contribution in [0.2, 0.25) is 0 Å². The standard InChI is InChI=1S/C15H22/c1-11-7-4-5-9-14(11)13(3)15-10-6-8-12(15)2/h3-10H2,1-2H3. The molecule has 0 bridgehead atoms. The van der Waals surface area contributed by atoms with Crippen LogP contribution in [-0.4, -0.2) is 0 Å². The van der Waals surface area contributed by atoms with E-state index in [1.807, 2.05) is 0 Å². The van der Waals surface area contributed by atoms with Gasteiger partial charge >= 0.3 is 0 Å². The van der Waals surface area contributed by atoms with Crippen LogP contribution in [0.3, 0.4) is 0 Å². The summed E-state index contributed by atoms with van der Waals surface area (Å²) in [6, 6.07) is 0. The SMILES string of the molecule is C=C(C1=C(C)CCCC1)C1=C(C)CCC1. The number of allylic oxidation sites excluding steroid dienone is 5. The average Bonchev–Trinajstić information content (AvgIpc) is 2.64. The van der Waals surface area contributed by atoms with Gasteiger partial charge in [0.25, 0.3) is 0 Å². The van der Waals surface area contributed by atoms with Crippen molar-refractivity contribution in [1.82, 2.24) is 0 Å². The Labute approximate surface area is 93.8 Å². The molecule has 0 aromatic carbocycles. The third kappa shape index (κ3) is 2.09. The Morgan fingerprint density at radius 1 is 0.800 bits per heavy atom. The van der Waals surface area contributed by atoms with Crippen LogP contribution in [0.15, 0.2) is 34.4 Å². The van der Waals surface area contributed by atoms with Gasteiger partial charge in [-0.15, -0.1) is 0 Å². The molecule has 0 N–H and O–H groups in total. The van der Waals surface area contributed by atoms with E-state index in [2.05, 4.69) is 20.4 Å². The molecule has 2 rings (SSSR count). The second kappa shape index (κ2) is 4.38. The van der Waals surface area contributed by atoms with Gasteiger partial charge in [0.1, 0.15) is 0 Å². The third-order valence-electron chi connectivity index (χ3n) is 3.97. The smallest absolute Gasteiger partial charge is 0.0266 e. The molecule has 0 atom stereocenters. The number of hydrogen-bond acceptors (Lipinski definition) is 0. The van der Waals surface area contributed by atoms with Crippen LogP contribution >= 0.6 is 0 Å². The average molecular weight is 202 g/mol. The van der Waals surface area contributed by atoms with Crippen molar-refractivity contribution in [1.29, 1.82) is 0 Å². The van der Waals surface area contributed by atoms with E-state index in [1.54, 1.807) is 22.3 Å². The van der Waals surface area contributed by atoms with Gasteiger partial charge in [-0.2, -0.15) is 0 Å². The minimum absolute atomic E-state index is 1.27. The highest BCUT2D eigenvalue weighted by atomic mass is 14.2. The molecule has 0 spiro atoms. The molecule has 0 fully saturated rings. The summed E-state index contributed by atoms with van der Waals surface area (Å²) >= 11 is 0.